The number of carboxylic acid groups (broad SMARTS) is 1. The van der Waals surface area contributed by atoms with Crippen molar-refractivity contribution in [1.82, 2.24) is 4.98 Å². The molecule has 1 N–H and O–H groups in total. The van der Waals surface area contributed by atoms with Gasteiger partial charge in [-0.3, -0.25) is 9.78 Å². The second-order valence-corrected chi connectivity index (χ2v) is 4.71. The van der Waals surface area contributed by atoms with Crippen molar-refractivity contribution in [3.63, 3.8) is 0 Å². The van der Waals surface area contributed by atoms with E-state index in [2.05, 4.69) is 4.98 Å². The van der Waals surface area contributed by atoms with Crippen molar-refractivity contribution in [3.05, 3.63) is 59.4 Å². The zero-order valence-corrected chi connectivity index (χ0v) is 11.5. The lowest BCUT2D eigenvalue weighted by Crippen LogP contribution is -2.15. The molecule has 1 unspecified atom stereocenters. The molecule has 0 bridgehead atoms. The monoisotopic (exact) mass is 271 g/mol. The number of hydrogen-bond donors (Lipinski definition) is 1. The van der Waals surface area contributed by atoms with Crippen molar-refractivity contribution in [2.24, 2.45) is 0 Å². The van der Waals surface area contributed by atoms with Crippen LogP contribution in [0.25, 0.3) is 0 Å². The summed E-state index contributed by atoms with van der Waals surface area (Å²) in [5.74, 6) is -0.902. The summed E-state index contributed by atoms with van der Waals surface area (Å²) in [4.78, 5) is 15.7. The molecule has 2 aromatic rings. The molecular formula is C16H17NO3. The third-order valence-corrected chi connectivity index (χ3v) is 3.17. The highest BCUT2D eigenvalue weighted by molar-refractivity contribution is 5.75. The topological polar surface area (TPSA) is 59.4 Å². The fourth-order valence-corrected chi connectivity index (χ4v) is 2.11. The summed E-state index contributed by atoms with van der Waals surface area (Å²) in [7, 11) is 1.55. The maximum absolute atomic E-state index is 11.5. The van der Waals surface area contributed by atoms with Crippen LogP contribution in [0.1, 0.15) is 22.7 Å². The summed E-state index contributed by atoms with van der Waals surface area (Å²) in [6.07, 6.45) is 1.97. The third kappa shape index (κ3) is 3.35. The molecule has 1 atom stereocenters. The molecule has 0 amide bonds. The first-order valence-electron chi connectivity index (χ1n) is 6.38. The Labute approximate surface area is 118 Å². The number of carbonyl (C=O) groups is 1. The minimum absolute atomic E-state index is 0.427. The molecule has 1 aromatic carbocycles. The smallest absolute Gasteiger partial charge is 0.312 e. The van der Waals surface area contributed by atoms with E-state index in [9.17, 15) is 9.90 Å². The number of pyridine rings is 1. The zero-order chi connectivity index (χ0) is 14.5. The lowest BCUT2D eigenvalue weighted by Gasteiger charge is -2.12. The van der Waals surface area contributed by atoms with Crippen LogP contribution in [0, 0.1) is 6.92 Å². The van der Waals surface area contributed by atoms with Gasteiger partial charge in [0.05, 0.1) is 19.0 Å². The van der Waals surface area contributed by atoms with Crippen LogP contribution in [0.3, 0.4) is 0 Å². The van der Waals surface area contributed by atoms with Crippen molar-refractivity contribution < 1.29 is 14.6 Å². The minimum atomic E-state index is -0.871. The van der Waals surface area contributed by atoms with Gasteiger partial charge in [0.2, 0.25) is 0 Å². The lowest BCUT2D eigenvalue weighted by atomic mass is 9.95. The predicted octanol–water partition coefficient (Wildman–Crippen LogP) is 2.81. The molecule has 0 radical (unpaired) electrons. The number of methoxy groups -OCH3 is 1. The number of hydrogen-bond acceptors (Lipinski definition) is 3. The molecule has 1 heterocycles. The van der Waals surface area contributed by atoms with Crippen LogP contribution in [-0.2, 0) is 11.2 Å². The molecule has 0 saturated carbocycles. The van der Waals surface area contributed by atoms with E-state index in [0.29, 0.717) is 17.9 Å². The largest absolute Gasteiger partial charge is 0.495 e. The fraction of sp³-hybridized carbons (Fsp3) is 0.250. The van der Waals surface area contributed by atoms with Crippen LogP contribution >= 0.6 is 0 Å². The van der Waals surface area contributed by atoms with E-state index in [1.807, 2.05) is 31.2 Å². The Balaban J connectivity index is 2.24. The lowest BCUT2D eigenvalue weighted by molar-refractivity contribution is -0.138. The molecule has 4 nitrogen and oxygen atoms in total. The number of carboxylic acids is 1. The van der Waals surface area contributed by atoms with Gasteiger partial charge >= 0.3 is 5.97 Å². The Hall–Kier alpha value is -2.36. The minimum Gasteiger partial charge on any atom is -0.495 e. The van der Waals surface area contributed by atoms with Gasteiger partial charge in [0.25, 0.3) is 0 Å². The van der Waals surface area contributed by atoms with E-state index in [0.717, 1.165) is 11.1 Å². The highest BCUT2D eigenvalue weighted by Gasteiger charge is 2.21. The van der Waals surface area contributed by atoms with Crippen LogP contribution < -0.4 is 4.74 Å². The first-order valence-corrected chi connectivity index (χ1v) is 6.38. The van der Waals surface area contributed by atoms with Gasteiger partial charge < -0.3 is 9.84 Å². The summed E-state index contributed by atoms with van der Waals surface area (Å²) >= 11 is 0. The molecular weight excluding hydrogens is 254 g/mol. The van der Waals surface area contributed by atoms with E-state index >= 15 is 0 Å². The van der Waals surface area contributed by atoms with Gasteiger partial charge in [0.1, 0.15) is 11.7 Å². The second-order valence-electron chi connectivity index (χ2n) is 4.71. The zero-order valence-electron chi connectivity index (χ0n) is 11.5. The number of nitrogens with zero attached hydrogens (tertiary/aromatic N) is 1. The number of benzene rings is 1. The number of ether oxygens (including phenoxy) is 1. The molecule has 1 aromatic heterocycles. The molecule has 0 spiro atoms. The molecule has 0 aliphatic carbocycles. The first kappa shape index (κ1) is 14.1. The van der Waals surface area contributed by atoms with Gasteiger partial charge in [0, 0.05) is 0 Å². The van der Waals surface area contributed by atoms with Crippen molar-refractivity contribution in [1.29, 1.82) is 0 Å². The Kier molecular flexibility index (Phi) is 4.35. The van der Waals surface area contributed by atoms with Gasteiger partial charge in [-0.25, -0.2) is 0 Å². The number of aryl methyl sites for hydroxylation is 1. The highest BCUT2D eigenvalue weighted by atomic mass is 16.5. The van der Waals surface area contributed by atoms with Crippen LogP contribution in [0.2, 0.25) is 0 Å². The highest BCUT2D eigenvalue weighted by Crippen LogP contribution is 2.22. The van der Waals surface area contributed by atoms with Crippen molar-refractivity contribution in [3.8, 4) is 5.75 Å². The normalized spacial score (nSPS) is 11.9. The molecule has 2 rings (SSSR count). The first-order chi connectivity index (χ1) is 9.60. The summed E-state index contributed by atoms with van der Waals surface area (Å²) in [5, 5.41) is 9.41. The molecule has 0 aliphatic heterocycles. The van der Waals surface area contributed by atoms with E-state index in [4.69, 9.17) is 4.74 Å². The van der Waals surface area contributed by atoms with E-state index < -0.39 is 11.9 Å². The van der Waals surface area contributed by atoms with Crippen LogP contribution in [0.4, 0.5) is 0 Å². The molecule has 0 saturated heterocycles. The maximum atomic E-state index is 11.5. The fourth-order valence-electron chi connectivity index (χ4n) is 2.11. The van der Waals surface area contributed by atoms with Crippen LogP contribution in [-0.4, -0.2) is 23.2 Å². The maximum Gasteiger partial charge on any atom is 0.312 e. The van der Waals surface area contributed by atoms with Crippen LogP contribution in [0.15, 0.2) is 42.6 Å². The average molecular weight is 271 g/mol. The SMILES string of the molecule is COc1ccc(C(Cc2cccc(C)c2)C(=O)O)nc1. The number of aliphatic carboxylic acids is 1. The molecule has 0 fully saturated rings. The Bertz CT molecular complexity index is 593. The predicted molar refractivity (Wildman–Crippen MR) is 76.0 cm³/mol. The standard InChI is InChI=1S/C16H17NO3/c1-11-4-3-5-12(8-11)9-14(16(18)19)15-7-6-13(20-2)10-17-15/h3-8,10,14H,9H2,1-2H3,(H,18,19). The average Bonchev–Trinajstić information content (AvgIpc) is 2.45. The molecule has 0 aliphatic rings. The number of aromatic nitrogens is 1. The van der Waals surface area contributed by atoms with Crippen molar-refractivity contribution in [2.75, 3.05) is 7.11 Å². The van der Waals surface area contributed by atoms with Gasteiger partial charge in [-0.15, -0.1) is 0 Å². The van der Waals surface area contributed by atoms with Gasteiger partial charge in [-0.2, -0.15) is 0 Å². The Morgan fingerprint density at radius 3 is 2.70 bits per heavy atom. The van der Waals surface area contributed by atoms with Crippen molar-refractivity contribution in [2.45, 2.75) is 19.3 Å². The van der Waals surface area contributed by atoms with E-state index in [1.165, 1.54) is 0 Å². The quantitative estimate of drug-likeness (QED) is 0.908. The Morgan fingerprint density at radius 1 is 1.35 bits per heavy atom. The van der Waals surface area contributed by atoms with E-state index in [1.54, 1.807) is 25.4 Å². The second kappa shape index (κ2) is 6.19. The molecule has 104 valence electrons. The Morgan fingerprint density at radius 2 is 2.15 bits per heavy atom. The van der Waals surface area contributed by atoms with E-state index in [-0.39, 0.29) is 0 Å². The summed E-state index contributed by atoms with van der Waals surface area (Å²) in [5.41, 5.74) is 2.66. The molecule has 20 heavy (non-hydrogen) atoms. The molecule has 4 heteroatoms. The van der Waals surface area contributed by atoms with Crippen LogP contribution in [0.5, 0.6) is 5.75 Å². The van der Waals surface area contributed by atoms with Gasteiger partial charge in [-0.1, -0.05) is 29.8 Å². The number of rotatable bonds is 5. The third-order valence-electron chi connectivity index (χ3n) is 3.17. The summed E-state index contributed by atoms with van der Waals surface area (Å²) < 4.78 is 5.03. The van der Waals surface area contributed by atoms with Gasteiger partial charge in [-0.05, 0) is 31.0 Å². The van der Waals surface area contributed by atoms with Gasteiger partial charge in [0.15, 0.2) is 0 Å². The summed E-state index contributed by atoms with van der Waals surface area (Å²) in [6.45, 7) is 1.99. The van der Waals surface area contributed by atoms with Crippen molar-refractivity contribution >= 4 is 5.97 Å². The summed E-state index contributed by atoms with van der Waals surface area (Å²) in [6, 6.07) is 11.3.